The maximum atomic E-state index is 12.1. The van der Waals surface area contributed by atoms with Gasteiger partial charge in [-0.15, -0.1) is 0 Å². The van der Waals surface area contributed by atoms with E-state index in [1.54, 1.807) is 0 Å². The van der Waals surface area contributed by atoms with E-state index in [1.165, 1.54) is 32.1 Å². The van der Waals surface area contributed by atoms with Crippen LogP contribution in [0.15, 0.2) is 30.3 Å². The van der Waals surface area contributed by atoms with Crippen molar-refractivity contribution < 1.29 is 19.0 Å². The van der Waals surface area contributed by atoms with Crippen LogP contribution in [0.2, 0.25) is 0 Å². The number of carbonyl (C=O) groups excluding carboxylic acids is 1. The predicted octanol–water partition coefficient (Wildman–Crippen LogP) is 2.94. The van der Waals surface area contributed by atoms with Crippen LogP contribution in [-0.4, -0.2) is 50.2 Å². The lowest BCUT2D eigenvalue weighted by molar-refractivity contribution is 0.00850. The summed E-state index contributed by atoms with van der Waals surface area (Å²) in [6.07, 6.45) is 5.68. The molecule has 0 unspecified atom stereocenters. The quantitative estimate of drug-likeness (QED) is 0.845. The fraction of sp³-hybridized carbons (Fsp3) is 0.650. The van der Waals surface area contributed by atoms with E-state index >= 15 is 0 Å². The smallest absolute Gasteiger partial charge is 0.412 e. The Morgan fingerprint density at radius 2 is 1.81 bits per heavy atom. The summed E-state index contributed by atoms with van der Waals surface area (Å²) in [5.41, 5.74) is 0.715. The van der Waals surface area contributed by atoms with Crippen molar-refractivity contribution in [1.29, 1.82) is 0 Å². The number of ether oxygens (including phenoxy) is 3. The molecule has 0 aromatic heterocycles. The molecule has 4 atom stereocenters. The third-order valence-electron chi connectivity index (χ3n) is 5.68. The highest BCUT2D eigenvalue weighted by atomic mass is 16.6. The van der Waals surface area contributed by atoms with Gasteiger partial charge in [0.2, 0.25) is 0 Å². The molecule has 1 aromatic rings. The van der Waals surface area contributed by atoms with E-state index in [2.05, 4.69) is 10.6 Å². The summed E-state index contributed by atoms with van der Waals surface area (Å²) < 4.78 is 17.3. The van der Waals surface area contributed by atoms with Crippen molar-refractivity contribution in [3.63, 3.8) is 0 Å². The molecule has 3 aliphatic rings. The molecular formula is C20H28N2O4. The molecule has 6 nitrogen and oxygen atoms in total. The van der Waals surface area contributed by atoms with Crippen LogP contribution < -0.4 is 10.6 Å². The molecule has 1 saturated carbocycles. The number of para-hydroxylation sites is 1. The van der Waals surface area contributed by atoms with E-state index in [0.29, 0.717) is 18.9 Å². The Bertz CT molecular complexity index is 591. The van der Waals surface area contributed by atoms with Gasteiger partial charge in [-0.3, -0.25) is 5.32 Å². The first-order valence-electron chi connectivity index (χ1n) is 9.79. The number of benzene rings is 1. The number of rotatable bonds is 5. The van der Waals surface area contributed by atoms with Gasteiger partial charge >= 0.3 is 6.09 Å². The molecule has 4 rings (SSSR count). The number of hydrogen-bond donors (Lipinski definition) is 2. The fourth-order valence-electron chi connectivity index (χ4n) is 4.26. The van der Waals surface area contributed by atoms with E-state index in [1.807, 2.05) is 30.3 Å². The molecule has 0 spiro atoms. The summed E-state index contributed by atoms with van der Waals surface area (Å²) in [5.74, 6) is 0.771. The van der Waals surface area contributed by atoms with Crippen molar-refractivity contribution in [2.75, 3.05) is 25.1 Å². The minimum atomic E-state index is -0.465. The van der Waals surface area contributed by atoms with Crippen molar-refractivity contribution in [3.8, 4) is 0 Å². The maximum absolute atomic E-state index is 12.1. The topological polar surface area (TPSA) is 68.8 Å². The highest BCUT2D eigenvalue weighted by Gasteiger charge is 2.49. The Balaban J connectivity index is 1.24. The van der Waals surface area contributed by atoms with E-state index in [-0.39, 0.29) is 24.4 Å². The summed E-state index contributed by atoms with van der Waals surface area (Å²) in [7, 11) is 0. The molecule has 26 heavy (non-hydrogen) atoms. The molecule has 0 radical (unpaired) electrons. The van der Waals surface area contributed by atoms with Crippen LogP contribution in [0.4, 0.5) is 10.5 Å². The van der Waals surface area contributed by atoms with Crippen LogP contribution in [-0.2, 0) is 14.2 Å². The van der Waals surface area contributed by atoms with Gasteiger partial charge in [0.25, 0.3) is 0 Å². The Morgan fingerprint density at radius 3 is 2.62 bits per heavy atom. The molecule has 0 bridgehead atoms. The van der Waals surface area contributed by atoms with Crippen LogP contribution in [0, 0.1) is 5.92 Å². The van der Waals surface area contributed by atoms with Crippen LogP contribution in [0.3, 0.4) is 0 Å². The first-order chi connectivity index (χ1) is 12.8. The Kier molecular flexibility index (Phi) is 5.72. The number of amides is 1. The van der Waals surface area contributed by atoms with Gasteiger partial charge in [-0.25, -0.2) is 4.79 Å². The zero-order valence-electron chi connectivity index (χ0n) is 15.1. The van der Waals surface area contributed by atoms with Crippen LogP contribution in [0.25, 0.3) is 0 Å². The predicted molar refractivity (Wildman–Crippen MR) is 98.2 cm³/mol. The molecule has 1 amide bonds. The molecule has 2 N–H and O–H groups in total. The second-order valence-electron chi connectivity index (χ2n) is 7.55. The normalized spacial score (nSPS) is 31.5. The zero-order chi connectivity index (χ0) is 17.8. The van der Waals surface area contributed by atoms with Crippen LogP contribution in [0.5, 0.6) is 0 Å². The first kappa shape index (κ1) is 17.8. The second-order valence-corrected chi connectivity index (χ2v) is 7.55. The summed E-state index contributed by atoms with van der Waals surface area (Å²) >= 11 is 0. The Hall–Kier alpha value is -1.63. The molecule has 1 aromatic carbocycles. The average Bonchev–Trinajstić information content (AvgIpc) is 3.25. The second kappa shape index (κ2) is 8.37. The first-order valence-corrected chi connectivity index (χ1v) is 9.79. The summed E-state index contributed by atoms with van der Waals surface area (Å²) in [6.45, 7) is 2.03. The summed E-state index contributed by atoms with van der Waals surface area (Å²) in [4.78, 5) is 12.1. The minimum Gasteiger partial charge on any atom is -0.441 e. The van der Waals surface area contributed by atoms with Crippen molar-refractivity contribution in [1.82, 2.24) is 5.32 Å². The molecule has 2 heterocycles. The minimum absolute atomic E-state index is 0.0342. The van der Waals surface area contributed by atoms with Crippen molar-refractivity contribution in [2.45, 2.75) is 56.5 Å². The SMILES string of the molecule is O=C(Nc1ccccc1)O[C@H]1CO[C@@H]2[C@@H]1OC[C@@H]2NCC1CCCCC1. The molecule has 2 aliphatic heterocycles. The Labute approximate surface area is 154 Å². The van der Waals surface area contributed by atoms with Crippen molar-refractivity contribution in [2.24, 2.45) is 5.92 Å². The number of anilines is 1. The largest absolute Gasteiger partial charge is 0.441 e. The van der Waals surface area contributed by atoms with Gasteiger partial charge in [-0.05, 0) is 37.4 Å². The number of nitrogens with one attached hydrogen (secondary N) is 2. The molecule has 6 heteroatoms. The van der Waals surface area contributed by atoms with Gasteiger partial charge in [0.05, 0.1) is 19.3 Å². The van der Waals surface area contributed by atoms with E-state index in [0.717, 1.165) is 12.5 Å². The monoisotopic (exact) mass is 360 g/mol. The van der Waals surface area contributed by atoms with Gasteiger partial charge in [-0.1, -0.05) is 37.5 Å². The van der Waals surface area contributed by atoms with Gasteiger partial charge in [0, 0.05) is 5.69 Å². The molecule has 2 saturated heterocycles. The lowest BCUT2D eigenvalue weighted by Gasteiger charge is -2.25. The number of carbonyl (C=O) groups is 1. The van der Waals surface area contributed by atoms with E-state index < -0.39 is 6.09 Å². The van der Waals surface area contributed by atoms with Crippen molar-refractivity contribution in [3.05, 3.63) is 30.3 Å². The molecular weight excluding hydrogens is 332 g/mol. The number of hydrogen-bond acceptors (Lipinski definition) is 5. The third-order valence-corrected chi connectivity index (χ3v) is 5.68. The van der Waals surface area contributed by atoms with E-state index in [4.69, 9.17) is 14.2 Å². The number of fused-ring (bicyclic) bond motifs is 1. The third kappa shape index (κ3) is 4.19. The summed E-state index contributed by atoms with van der Waals surface area (Å²) in [5, 5.41) is 6.37. The van der Waals surface area contributed by atoms with Gasteiger partial charge in [-0.2, -0.15) is 0 Å². The maximum Gasteiger partial charge on any atom is 0.412 e. The van der Waals surface area contributed by atoms with Crippen LogP contribution >= 0.6 is 0 Å². The van der Waals surface area contributed by atoms with Gasteiger partial charge in [0.15, 0.2) is 6.10 Å². The zero-order valence-corrected chi connectivity index (χ0v) is 15.1. The van der Waals surface area contributed by atoms with Crippen LogP contribution in [0.1, 0.15) is 32.1 Å². The highest BCUT2D eigenvalue weighted by Crippen LogP contribution is 2.30. The van der Waals surface area contributed by atoms with Gasteiger partial charge in [0.1, 0.15) is 12.2 Å². The molecule has 3 fully saturated rings. The lowest BCUT2D eigenvalue weighted by atomic mass is 9.89. The average molecular weight is 360 g/mol. The molecule has 142 valence electrons. The fourth-order valence-corrected chi connectivity index (χ4v) is 4.26. The standard InChI is InChI=1S/C20H28N2O4/c23-20(22-15-9-5-2-6-10-15)26-17-13-25-18-16(12-24-19(17)18)21-11-14-7-3-1-4-8-14/h2,5-6,9-10,14,16-19,21H,1,3-4,7-8,11-13H2,(H,22,23)/t16-,17-,18-,19+/m0/s1. The lowest BCUT2D eigenvalue weighted by Crippen LogP contribution is -2.43. The highest BCUT2D eigenvalue weighted by molar-refractivity contribution is 5.84. The van der Waals surface area contributed by atoms with Gasteiger partial charge < -0.3 is 19.5 Å². The Morgan fingerprint density at radius 1 is 1.04 bits per heavy atom. The summed E-state index contributed by atoms with van der Waals surface area (Å²) in [6, 6.07) is 9.48. The molecule has 1 aliphatic carbocycles. The van der Waals surface area contributed by atoms with E-state index in [9.17, 15) is 4.79 Å². The van der Waals surface area contributed by atoms with Crippen molar-refractivity contribution >= 4 is 11.8 Å².